The summed E-state index contributed by atoms with van der Waals surface area (Å²) in [6.45, 7) is 5.31. The molecule has 0 radical (unpaired) electrons. The summed E-state index contributed by atoms with van der Waals surface area (Å²) in [5, 5.41) is 3.44. The number of amides is 1. The van der Waals surface area contributed by atoms with Gasteiger partial charge in [-0.2, -0.15) is 0 Å². The molecule has 0 fully saturated rings. The summed E-state index contributed by atoms with van der Waals surface area (Å²) in [7, 11) is 2.06. The van der Waals surface area contributed by atoms with Gasteiger partial charge in [0.1, 0.15) is 29.7 Å². The molecule has 166 valence electrons. The number of hydrogen-bond donors (Lipinski definition) is 2. The average Bonchev–Trinajstić information content (AvgIpc) is 2.77. The van der Waals surface area contributed by atoms with E-state index in [1.807, 2.05) is 50.2 Å². The van der Waals surface area contributed by atoms with E-state index in [0.29, 0.717) is 18.2 Å². The fourth-order valence-electron chi connectivity index (χ4n) is 3.63. The number of nitrogens with two attached hydrogens (primary N) is 1. The Morgan fingerprint density at radius 1 is 1.25 bits per heavy atom. The van der Waals surface area contributed by atoms with Crippen LogP contribution < -0.4 is 25.4 Å². The predicted molar refractivity (Wildman–Crippen MR) is 124 cm³/mol. The number of anilines is 2. The van der Waals surface area contributed by atoms with Gasteiger partial charge in [0.15, 0.2) is 6.61 Å². The molecule has 1 amide bonds. The van der Waals surface area contributed by atoms with Crippen molar-refractivity contribution in [2.75, 3.05) is 37.0 Å². The number of aromatic nitrogens is 2. The third kappa shape index (κ3) is 4.91. The molecule has 4 rings (SSSR count). The highest BCUT2D eigenvalue weighted by molar-refractivity contribution is 5.75. The molecule has 3 aromatic rings. The summed E-state index contributed by atoms with van der Waals surface area (Å²) in [4.78, 5) is 22.4. The smallest absolute Gasteiger partial charge is 0.255 e. The van der Waals surface area contributed by atoms with E-state index in [-0.39, 0.29) is 12.6 Å². The Bertz CT molecular complexity index is 1130. The normalized spacial score (nSPS) is 13.7. The Labute approximate surface area is 187 Å². The van der Waals surface area contributed by atoms with E-state index in [1.54, 1.807) is 6.07 Å². The van der Waals surface area contributed by atoms with E-state index >= 15 is 0 Å². The number of nitrogens with one attached hydrogen (secondary N) is 1. The molecule has 0 aliphatic carbocycles. The zero-order valence-corrected chi connectivity index (χ0v) is 18.5. The molecule has 0 spiro atoms. The van der Waals surface area contributed by atoms with Gasteiger partial charge in [-0.1, -0.05) is 12.1 Å². The molecular formula is C24H27N5O3. The first-order valence-electron chi connectivity index (χ1n) is 10.5. The quantitative estimate of drug-likeness (QED) is 0.589. The van der Waals surface area contributed by atoms with Gasteiger partial charge in [-0.05, 0) is 49.7 Å². The van der Waals surface area contributed by atoms with Gasteiger partial charge in [0, 0.05) is 18.7 Å². The molecule has 32 heavy (non-hydrogen) atoms. The average molecular weight is 434 g/mol. The SMILES string of the molecule is Cc1nc(NC(C)c2cccc(OCC(N)=O)c2)cc(-c2ccc3c(c2)N(C)CCO3)n1. The molecule has 1 aliphatic rings. The highest BCUT2D eigenvalue weighted by atomic mass is 16.5. The number of aryl methyl sites for hydroxylation is 1. The lowest BCUT2D eigenvalue weighted by Crippen LogP contribution is -2.28. The lowest BCUT2D eigenvalue weighted by molar-refractivity contribution is -0.119. The van der Waals surface area contributed by atoms with Gasteiger partial charge >= 0.3 is 0 Å². The van der Waals surface area contributed by atoms with Gasteiger partial charge in [-0.15, -0.1) is 0 Å². The van der Waals surface area contributed by atoms with Crippen LogP contribution in [0.25, 0.3) is 11.3 Å². The maximum absolute atomic E-state index is 11.0. The van der Waals surface area contributed by atoms with Crippen LogP contribution in [-0.4, -0.2) is 42.7 Å². The summed E-state index contributed by atoms with van der Waals surface area (Å²) < 4.78 is 11.2. The topological polar surface area (TPSA) is 103 Å². The predicted octanol–water partition coefficient (Wildman–Crippen LogP) is 3.32. The summed E-state index contributed by atoms with van der Waals surface area (Å²) >= 11 is 0. The molecule has 8 heteroatoms. The van der Waals surface area contributed by atoms with E-state index in [2.05, 4.69) is 33.3 Å². The van der Waals surface area contributed by atoms with Crippen LogP contribution in [0.4, 0.5) is 11.5 Å². The first-order chi connectivity index (χ1) is 15.4. The number of rotatable bonds is 7. The zero-order chi connectivity index (χ0) is 22.7. The second kappa shape index (κ2) is 9.13. The molecule has 3 N–H and O–H groups in total. The molecule has 0 saturated carbocycles. The van der Waals surface area contributed by atoms with Crippen LogP contribution in [0.2, 0.25) is 0 Å². The summed E-state index contributed by atoms with van der Waals surface area (Å²) in [6, 6.07) is 15.6. The highest BCUT2D eigenvalue weighted by Crippen LogP contribution is 2.35. The van der Waals surface area contributed by atoms with Crippen LogP contribution in [0.3, 0.4) is 0 Å². The van der Waals surface area contributed by atoms with Crippen LogP contribution in [0.1, 0.15) is 24.4 Å². The van der Waals surface area contributed by atoms with Crippen molar-refractivity contribution in [2.45, 2.75) is 19.9 Å². The van der Waals surface area contributed by atoms with E-state index < -0.39 is 5.91 Å². The zero-order valence-electron chi connectivity index (χ0n) is 18.5. The largest absolute Gasteiger partial charge is 0.490 e. The Morgan fingerprint density at radius 2 is 2.09 bits per heavy atom. The van der Waals surface area contributed by atoms with Gasteiger partial charge < -0.3 is 25.4 Å². The first-order valence-corrected chi connectivity index (χ1v) is 10.5. The Kier molecular flexibility index (Phi) is 6.11. The van der Waals surface area contributed by atoms with Crippen LogP contribution in [0.5, 0.6) is 11.5 Å². The Hall–Kier alpha value is -3.81. The van der Waals surface area contributed by atoms with E-state index in [9.17, 15) is 4.79 Å². The third-order valence-electron chi connectivity index (χ3n) is 5.29. The molecule has 2 heterocycles. The maximum atomic E-state index is 11.0. The van der Waals surface area contributed by atoms with Crippen molar-refractivity contribution in [3.8, 4) is 22.8 Å². The van der Waals surface area contributed by atoms with Crippen LogP contribution in [0, 0.1) is 6.92 Å². The number of hydrogen-bond acceptors (Lipinski definition) is 7. The number of nitrogens with zero attached hydrogens (tertiary/aromatic N) is 3. The van der Waals surface area contributed by atoms with Crippen molar-refractivity contribution in [1.29, 1.82) is 0 Å². The van der Waals surface area contributed by atoms with E-state index in [1.165, 1.54) is 0 Å². The second-order valence-corrected chi connectivity index (χ2v) is 7.83. The summed E-state index contributed by atoms with van der Waals surface area (Å²) in [6.07, 6.45) is 0. The van der Waals surface area contributed by atoms with E-state index in [0.717, 1.165) is 40.6 Å². The number of carbonyl (C=O) groups excluding carboxylic acids is 1. The minimum Gasteiger partial charge on any atom is -0.490 e. The monoisotopic (exact) mass is 433 g/mol. The van der Waals surface area contributed by atoms with Crippen molar-refractivity contribution < 1.29 is 14.3 Å². The molecule has 1 unspecified atom stereocenters. The van der Waals surface area contributed by atoms with Crippen molar-refractivity contribution in [3.05, 3.63) is 59.9 Å². The fraction of sp³-hybridized carbons (Fsp3) is 0.292. The molecular weight excluding hydrogens is 406 g/mol. The Balaban J connectivity index is 1.55. The van der Waals surface area contributed by atoms with Crippen LogP contribution in [-0.2, 0) is 4.79 Å². The second-order valence-electron chi connectivity index (χ2n) is 7.83. The lowest BCUT2D eigenvalue weighted by Gasteiger charge is -2.28. The van der Waals surface area contributed by atoms with Gasteiger partial charge in [0.2, 0.25) is 0 Å². The first kappa shape index (κ1) is 21.4. The number of fused-ring (bicyclic) bond motifs is 1. The van der Waals surface area contributed by atoms with Gasteiger partial charge in [0.25, 0.3) is 5.91 Å². The van der Waals surface area contributed by atoms with Crippen LogP contribution in [0.15, 0.2) is 48.5 Å². The Morgan fingerprint density at radius 3 is 2.91 bits per heavy atom. The van der Waals surface area contributed by atoms with Crippen molar-refractivity contribution in [3.63, 3.8) is 0 Å². The molecule has 1 aliphatic heterocycles. The van der Waals surface area contributed by atoms with E-state index in [4.69, 9.17) is 15.2 Å². The molecule has 2 aromatic carbocycles. The van der Waals surface area contributed by atoms with Crippen LogP contribution >= 0.6 is 0 Å². The molecule has 0 bridgehead atoms. The van der Waals surface area contributed by atoms with Gasteiger partial charge in [-0.25, -0.2) is 9.97 Å². The van der Waals surface area contributed by atoms with Crippen molar-refractivity contribution in [1.82, 2.24) is 9.97 Å². The van der Waals surface area contributed by atoms with Crippen molar-refractivity contribution >= 4 is 17.4 Å². The van der Waals surface area contributed by atoms with Crippen molar-refractivity contribution in [2.24, 2.45) is 5.73 Å². The number of benzene rings is 2. The maximum Gasteiger partial charge on any atom is 0.255 e. The van der Waals surface area contributed by atoms with Gasteiger partial charge in [0.05, 0.1) is 24.0 Å². The number of likely N-dealkylation sites (N-methyl/N-ethyl adjacent to an activating group) is 1. The number of primary amides is 1. The molecule has 0 saturated heterocycles. The molecule has 1 aromatic heterocycles. The fourth-order valence-corrected chi connectivity index (χ4v) is 3.63. The third-order valence-corrected chi connectivity index (χ3v) is 5.29. The van der Waals surface area contributed by atoms with Gasteiger partial charge in [-0.3, -0.25) is 4.79 Å². The molecule has 8 nitrogen and oxygen atoms in total. The summed E-state index contributed by atoms with van der Waals surface area (Å²) in [5.74, 6) is 2.38. The number of ether oxygens (including phenoxy) is 2. The minimum absolute atomic E-state index is 0.0441. The molecule has 1 atom stereocenters. The highest BCUT2D eigenvalue weighted by Gasteiger charge is 2.17. The standard InChI is InChI=1S/C24H27N5O3/c1-15(17-5-4-6-19(11-17)32-14-23(25)30)26-24-13-20(27-16(2)28-24)18-7-8-22-21(12-18)29(3)9-10-31-22/h4-8,11-13,15H,9-10,14H2,1-3H3,(H2,25,30)(H,26,27,28). The number of carbonyl (C=O) groups is 1. The lowest BCUT2D eigenvalue weighted by atomic mass is 10.1. The summed E-state index contributed by atoms with van der Waals surface area (Å²) in [5.41, 5.74) is 9.06. The minimum atomic E-state index is -0.509.